The number of nitrogens with zero attached hydrogens (tertiary/aromatic N) is 2. The predicted octanol–water partition coefficient (Wildman–Crippen LogP) is 1.74. The monoisotopic (exact) mass is 253 g/mol. The fourth-order valence-electron chi connectivity index (χ4n) is 1.63. The lowest BCUT2D eigenvalue weighted by molar-refractivity contribution is 0.147. The Morgan fingerprint density at radius 1 is 1.50 bits per heavy atom. The SMILES string of the molecule is CCOCCCNc1nccn(CC(C)C)c1=O. The molecule has 0 atom stereocenters. The summed E-state index contributed by atoms with van der Waals surface area (Å²) in [5, 5.41) is 3.06. The van der Waals surface area contributed by atoms with E-state index in [2.05, 4.69) is 24.1 Å². The van der Waals surface area contributed by atoms with Gasteiger partial charge in [-0.25, -0.2) is 4.98 Å². The maximum absolute atomic E-state index is 12.0. The van der Waals surface area contributed by atoms with E-state index >= 15 is 0 Å². The zero-order valence-corrected chi connectivity index (χ0v) is 11.5. The van der Waals surface area contributed by atoms with Crippen LogP contribution in [0, 0.1) is 5.92 Å². The van der Waals surface area contributed by atoms with E-state index in [0.29, 0.717) is 24.9 Å². The second-order valence-electron chi connectivity index (χ2n) is 4.60. The minimum Gasteiger partial charge on any atom is -0.382 e. The van der Waals surface area contributed by atoms with Crippen LogP contribution in [-0.2, 0) is 11.3 Å². The molecular formula is C13H23N3O2. The first-order valence-electron chi connectivity index (χ1n) is 6.52. The molecule has 0 aliphatic heterocycles. The Kier molecular flexibility index (Phi) is 6.43. The summed E-state index contributed by atoms with van der Waals surface area (Å²) in [6.45, 7) is 8.99. The lowest BCUT2D eigenvalue weighted by Crippen LogP contribution is -2.26. The Morgan fingerprint density at radius 3 is 2.94 bits per heavy atom. The third kappa shape index (κ3) is 4.87. The number of aromatic nitrogens is 2. The van der Waals surface area contributed by atoms with Gasteiger partial charge in [0.1, 0.15) is 0 Å². The van der Waals surface area contributed by atoms with Crippen LogP contribution in [0.15, 0.2) is 17.2 Å². The summed E-state index contributed by atoms with van der Waals surface area (Å²) in [6.07, 6.45) is 4.26. The Morgan fingerprint density at radius 2 is 2.28 bits per heavy atom. The van der Waals surface area contributed by atoms with Gasteiger partial charge in [0.15, 0.2) is 5.82 Å². The Hall–Kier alpha value is -1.36. The lowest BCUT2D eigenvalue weighted by Gasteiger charge is -2.10. The molecule has 1 aromatic heterocycles. The first kappa shape index (κ1) is 14.7. The minimum atomic E-state index is -0.0531. The molecule has 5 heteroatoms. The van der Waals surface area contributed by atoms with Crippen molar-refractivity contribution in [2.24, 2.45) is 5.92 Å². The van der Waals surface area contributed by atoms with Crippen LogP contribution in [0.2, 0.25) is 0 Å². The second kappa shape index (κ2) is 7.87. The first-order valence-corrected chi connectivity index (χ1v) is 6.52. The molecule has 102 valence electrons. The molecule has 0 unspecified atom stereocenters. The summed E-state index contributed by atoms with van der Waals surface area (Å²) >= 11 is 0. The molecule has 0 saturated heterocycles. The van der Waals surface area contributed by atoms with Crippen molar-refractivity contribution < 1.29 is 4.74 Å². The molecule has 1 N–H and O–H groups in total. The van der Waals surface area contributed by atoms with Gasteiger partial charge in [-0.15, -0.1) is 0 Å². The maximum atomic E-state index is 12.0. The smallest absolute Gasteiger partial charge is 0.293 e. The van der Waals surface area contributed by atoms with E-state index in [-0.39, 0.29) is 5.56 Å². The Balaban J connectivity index is 2.53. The van der Waals surface area contributed by atoms with E-state index in [1.807, 2.05) is 6.92 Å². The van der Waals surface area contributed by atoms with Crippen LogP contribution in [0.1, 0.15) is 27.2 Å². The average molecular weight is 253 g/mol. The van der Waals surface area contributed by atoms with Crippen molar-refractivity contribution in [1.29, 1.82) is 0 Å². The zero-order chi connectivity index (χ0) is 13.4. The summed E-state index contributed by atoms with van der Waals surface area (Å²) in [6, 6.07) is 0. The number of ether oxygens (including phenoxy) is 1. The molecule has 1 rings (SSSR count). The van der Waals surface area contributed by atoms with Crippen molar-refractivity contribution in [3.8, 4) is 0 Å². The van der Waals surface area contributed by atoms with E-state index < -0.39 is 0 Å². The molecular weight excluding hydrogens is 230 g/mol. The quantitative estimate of drug-likeness (QED) is 0.717. The summed E-state index contributed by atoms with van der Waals surface area (Å²) in [5.41, 5.74) is -0.0531. The van der Waals surface area contributed by atoms with Gasteiger partial charge in [0.05, 0.1) is 0 Å². The highest BCUT2D eigenvalue weighted by atomic mass is 16.5. The van der Waals surface area contributed by atoms with Gasteiger partial charge in [-0.2, -0.15) is 0 Å². The molecule has 0 saturated carbocycles. The van der Waals surface area contributed by atoms with Crippen molar-refractivity contribution >= 4 is 5.82 Å². The highest BCUT2D eigenvalue weighted by Crippen LogP contribution is 1.98. The van der Waals surface area contributed by atoms with Crippen LogP contribution in [-0.4, -0.2) is 29.3 Å². The maximum Gasteiger partial charge on any atom is 0.293 e. The van der Waals surface area contributed by atoms with Crippen molar-refractivity contribution in [1.82, 2.24) is 9.55 Å². The molecule has 18 heavy (non-hydrogen) atoms. The number of anilines is 1. The molecule has 1 aromatic rings. The minimum absolute atomic E-state index is 0.0531. The van der Waals surface area contributed by atoms with Crippen LogP contribution < -0.4 is 10.9 Å². The second-order valence-corrected chi connectivity index (χ2v) is 4.60. The van der Waals surface area contributed by atoms with Gasteiger partial charge < -0.3 is 14.6 Å². The number of nitrogens with one attached hydrogen (secondary N) is 1. The highest BCUT2D eigenvalue weighted by Gasteiger charge is 2.05. The third-order valence-electron chi connectivity index (χ3n) is 2.44. The molecule has 5 nitrogen and oxygen atoms in total. The van der Waals surface area contributed by atoms with Gasteiger partial charge in [-0.3, -0.25) is 4.79 Å². The van der Waals surface area contributed by atoms with Crippen LogP contribution >= 0.6 is 0 Å². The van der Waals surface area contributed by atoms with E-state index in [0.717, 1.165) is 19.6 Å². The molecule has 0 aromatic carbocycles. The van der Waals surface area contributed by atoms with Gasteiger partial charge in [0.2, 0.25) is 0 Å². The van der Waals surface area contributed by atoms with Crippen LogP contribution in [0.3, 0.4) is 0 Å². The predicted molar refractivity (Wildman–Crippen MR) is 72.9 cm³/mol. The van der Waals surface area contributed by atoms with E-state index in [4.69, 9.17) is 4.74 Å². The molecule has 1 heterocycles. The molecule has 0 fully saturated rings. The van der Waals surface area contributed by atoms with Gasteiger partial charge in [0, 0.05) is 38.7 Å². The molecule has 0 radical (unpaired) electrons. The molecule has 0 bridgehead atoms. The normalized spacial score (nSPS) is 10.9. The fourth-order valence-corrected chi connectivity index (χ4v) is 1.63. The number of hydrogen-bond donors (Lipinski definition) is 1. The highest BCUT2D eigenvalue weighted by molar-refractivity contribution is 5.30. The third-order valence-corrected chi connectivity index (χ3v) is 2.44. The molecule has 0 aliphatic carbocycles. The van der Waals surface area contributed by atoms with Crippen molar-refractivity contribution in [2.75, 3.05) is 25.1 Å². The summed E-state index contributed by atoms with van der Waals surface area (Å²) in [4.78, 5) is 16.1. The summed E-state index contributed by atoms with van der Waals surface area (Å²) < 4.78 is 6.93. The Bertz CT molecular complexity index is 401. The topological polar surface area (TPSA) is 56.1 Å². The summed E-state index contributed by atoms with van der Waals surface area (Å²) in [7, 11) is 0. The van der Waals surface area contributed by atoms with Crippen LogP contribution in [0.4, 0.5) is 5.82 Å². The van der Waals surface area contributed by atoms with Crippen LogP contribution in [0.5, 0.6) is 0 Å². The van der Waals surface area contributed by atoms with E-state index in [1.165, 1.54) is 0 Å². The van der Waals surface area contributed by atoms with E-state index in [9.17, 15) is 4.79 Å². The van der Waals surface area contributed by atoms with Crippen molar-refractivity contribution in [3.05, 3.63) is 22.7 Å². The molecule has 0 aliphatic rings. The number of hydrogen-bond acceptors (Lipinski definition) is 4. The first-order chi connectivity index (χ1) is 8.65. The zero-order valence-electron chi connectivity index (χ0n) is 11.5. The van der Waals surface area contributed by atoms with Crippen LogP contribution in [0.25, 0.3) is 0 Å². The van der Waals surface area contributed by atoms with Gasteiger partial charge in [-0.1, -0.05) is 13.8 Å². The number of rotatable bonds is 8. The van der Waals surface area contributed by atoms with Crippen molar-refractivity contribution in [2.45, 2.75) is 33.7 Å². The van der Waals surface area contributed by atoms with Crippen molar-refractivity contribution in [3.63, 3.8) is 0 Å². The molecule has 0 amide bonds. The average Bonchev–Trinajstić information content (AvgIpc) is 2.33. The van der Waals surface area contributed by atoms with Gasteiger partial charge >= 0.3 is 0 Å². The van der Waals surface area contributed by atoms with Gasteiger partial charge in [-0.05, 0) is 19.3 Å². The van der Waals surface area contributed by atoms with Gasteiger partial charge in [0.25, 0.3) is 5.56 Å². The largest absolute Gasteiger partial charge is 0.382 e. The summed E-state index contributed by atoms with van der Waals surface area (Å²) in [5.74, 6) is 0.866. The Labute approximate surface area is 108 Å². The van der Waals surface area contributed by atoms with E-state index in [1.54, 1.807) is 17.0 Å². The lowest BCUT2D eigenvalue weighted by atomic mass is 10.2. The molecule has 0 spiro atoms. The standard InChI is InChI=1S/C13H23N3O2/c1-4-18-9-5-6-14-12-13(17)16(8-7-15-12)10-11(2)3/h7-8,11H,4-6,9-10H2,1-3H3,(H,14,15). The fraction of sp³-hybridized carbons (Fsp3) is 0.692.